The van der Waals surface area contributed by atoms with Gasteiger partial charge >= 0.3 is 5.97 Å². The maximum Gasteiger partial charge on any atom is 0.335 e. The first kappa shape index (κ1) is 16.6. The molecule has 0 saturated heterocycles. The van der Waals surface area contributed by atoms with Crippen molar-refractivity contribution in [3.8, 4) is 0 Å². The number of benzene rings is 1. The second-order valence-electron chi connectivity index (χ2n) is 4.94. The molecule has 1 amide bonds. The SMILES string of the molecule is C=C(C)C(=O)c1cc(C(=O)O)cc(C(=O)N(C)CCC)c1. The van der Waals surface area contributed by atoms with Gasteiger partial charge in [-0.05, 0) is 37.1 Å². The van der Waals surface area contributed by atoms with Gasteiger partial charge in [-0.25, -0.2) is 4.79 Å². The van der Waals surface area contributed by atoms with Gasteiger partial charge in [-0.1, -0.05) is 13.5 Å². The Morgan fingerprint density at radius 1 is 1.14 bits per heavy atom. The number of carbonyl (C=O) groups excluding carboxylic acids is 2. The van der Waals surface area contributed by atoms with Crippen LogP contribution in [0.15, 0.2) is 30.4 Å². The Kier molecular flexibility index (Phi) is 5.41. The highest BCUT2D eigenvalue weighted by Crippen LogP contribution is 2.15. The fraction of sp³-hybridized carbons (Fsp3) is 0.312. The highest BCUT2D eigenvalue weighted by Gasteiger charge is 2.18. The molecular formula is C16H19NO4. The molecule has 21 heavy (non-hydrogen) atoms. The molecule has 1 aromatic carbocycles. The van der Waals surface area contributed by atoms with Crippen LogP contribution < -0.4 is 0 Å². The van der Waals surface area contributed by atoms with Crippen molar-refractivity contribution in [2.45, 2.75) is 20.3 Å². The number of Topliss-reactive ketones (excluding diaryl/α,β-unsaturated/α-hetero) is 1. The maximum atomic E-state index is 12.3. The largest absolute Gasteiger partial charge is 0.478 e. The van der Waals surface area contributed by atoms with Crippen LogP contribution in [0.5, 0.6) is 0 Å². The Morgan fingerprint density at radius 2 is 1.67 bits per heavy atom. The first-order valence-electron chi connectivity index (χ1n) is 6.62. The van der Waals surface area contributed by atoms with E-state index in [1.165, 1.54) is 23.1 Å². The number of rotatable bonds is 6. The molecule has 112 valence electrons. The Hall–Kier alpha value is -2.43. The molecule has 0 aliphatic heterocycles. The molecule has 0 heterocycles. The van der Waals surface area contributed by atoms with Crippen molar-refractivity contribution in [2.24, 2.45) is 0 Å². The van der Waals surface area contributed by atoms with Crippen LogP contribution in [0.1, 0.15) is 51.3 Å². The maximum absolute atomic E-state index is 12.3. The average Bonchev–Trinajstić information content (AvgIpc) is 2.45. The van der Waals surface area contributed by atoms with Gasteiger partial charge in [0.05, 0.1) is 5.56 Å². The molecule has 0 atom stereocenters. The van der Waals surface area contributed by atoms with Crippen molar-refractivity contribution < 1.29 is 19.5 Å². The van der Waals surface area contributed by atoms with Gasteiger partial charge in [0.2, 0.25) is 0 Å². The third-order valence-corrected chi connectivity index (χ3v) is 2.98. The van der Waals surface area contributed by atoms with Gasteiger partial charge in [-0.3, -0.25) is 9.59 Å². The lowest BCUT2D eigenvalue weighted by Crippen LogP contribution is -2.27. The average molecular weight is 289 g/mol. The van der Waals surface area contributed by atoms with Gasteiger partial charge in [0.25, 0.3) is 5.91 Å². The first-order chi connectivity index (χ1) is 9.77. The molecule has 0 unspecified atom stereocenters. The zero-order valence-corrected chi connectivity index (χ0v) is 12.5. The highest BCUT2D eigenvalue weighted by molar-refractivity contribution is 6.10. The second kappa shape index (κ2) is 6.83. The van der Waals surface area contributed by atoms with Gasteiger partial charge in [0.15, 0.2) is 5.78 Å². The number of carboxylic acids is 1. The summed E-state index contributed by atoms with van der Waals surface area (Å²) in [6, 6.07) is 3.96. The Bertz CT molecular complexity index is 604. The topological polar surface area (TPSA) is 74.7 Å². The number of hydrogen-bond donors (Lipinski definition) is 1. The fourth-order valence-electron chi connectivity index (χ4n) is 1.91. The Labute approximate surface area is 123 Å². The van der Waals surface area contributed by atoms with E-state index in [2.05, 4.69) is 6.58 Å². The molecule has 0 bridgehead atoms. The Morgan fingerprint density at radius 3 is 2.14 bits per heavy atom. The molecule has 5 nitrogen and oxygen atoms in total. The number of aromatic carboxylic acids is 1. The zero-order valence-electron chi connectivity index (χ0n) is 12.5. The number of hydrogen-bond acceptors (Lipinski definition) is 3. The fourth-order valence-corrected chi connectivity index (χ4v) is 1.91. The van der Waals surface area contributed by atoms with Crippen molar-refractivity contribution in [3.05, 3.63) is 47.0 Å². The minimum atomic E-state index is -1.18. The third kappa shape index (κ3) is 4.02. The minimum Gasteiger partial charge on any atom is -0.478 e. The zero-order chi connectivity index (χ0) is 16.2. The number of ketones is 1. The summed E-state index contributed by atoms with van der Waals surface area (Å²) in [6.07, 6.45) is 0.790. The molecule has 0 fully saturated rings. The van der Waals surface area contributed by atoms with Crippen molar-refractivity contribution in [1.29, 1.82) is 0 Å². The van der Waals surface area contributed by atoms with Crippen molar-refractivity contribution in [3.63, 3.8) is 0 Å². The minimum absolute atomic E-state index is 0.0876. The van der Waals surface area contributed by atoms with E-state index in [0.717, 1.165) is 6.42 Å². The number of carbonyl (C=O) groups is 3. The van der Waals surface area contributed by atoms with Gasteiger partial charge in [-0.2, -0.15) is 0 Å². The lowest BCUT2D eigenvalue weighted by atomic mass is 9.99. The molecular weight excluding hydrogens is 270 g/mol. The van der Waals surface area contributed by atoms with Crippen LogP contribution in [-0.4, -0.2) is 41.3 Å². The molecule has 1 N–H and O–H groups in total. The lowest BCUT2D eigenvalue weighted by Gasteiger charge is -2.17. The number of nitrogens with zero attached hydrogens (tertiary/aromatic N) is 1. The van der Waals surface area contributed by atoms with E-state index in [4.69, 9.17) is 5.11 Å². The predicted octanol–water partition coefficient (Wildman–Crippen LogP) is 2.63. The van der Waals surface area contributed by atoms with Crippen LogP contribution in [0.25, 0.3) is 0 Å². The van der Waals surface area contributed by atoms with E-state index in [9.17, 15) is 14.4 Å². The van der Waals surface area contributed by atoms with Gasteiger partial charge in [0.1, 0.15) is 0 Å². The molecule has 0 aliphatic carbocycles. The highest BCUT2D eigenvalue weighted by atomic mass is 16.4. The van der Waals surface area contributed by atoms with Crippen LogP contribution in [-0.2, 0) is 0 Å². The van der Waals surface area contributed by atoms with E-state index in [1.807, 2.05) is 6.92 Å². The summed E-state index contributed by atoms with van der Waals surface area (Å²) in [7, 11) is 1.64. The van der Waals surface area contributed by atoms with Gasteiger partial charge < -0.3 is 10.0 Å². The molecule has 0 aromatic heterocycles. The van der Waals surface area contributed by atoms with Crippen molar-refractivity contribution in [1.82, 2.24) is 4.90 Å². The van der Waals surface area contributed by atoms with Crippen LogP contribution in [0.2, 0.25) is 0 Å². The third-order valence-electron chi connectivity index (χ3n) is 2.98. The molecule has 0 spiro atoms. The van der Waals surface area contributed by atoms with Crippen LogP contribution >= 0.6 is 0 Å². The summed E-state index contributed by atoms with van der Waals surface area (Å²) in [5.74, 6) is -1.86. The van der Waals surface area contributed by atoms with E-state index >= 15 is 0 Å². The normalized spacial score (nSPS) is 10.0. The van der Waals surface area contributed by atoms with Crippen LogP contribution in [0.3, 0.4) is 0 Å². The summed E-state index contributed by atoms with van der Waals surface area (Å²) < 4.78 is 0. The van der Waals surface area contributed by atoms with E-state index in [-0.39, 0.29) is 34.0 Å². The van der Waals surface area contributed by atoms with E-state index < -0.39 is 5.97 Å². The Balaban J connectivity index is 3.32. The second-order valence-corrected chi connectivity index (χ2v) is 4.94. The van der Waals surface area contributed by atoms with Crippen LogP contribution in [0, 0.1) is 0 Å². The first-order valence-corrected chi connectivity index (χ1v) is 6.62. The molecule has 5 heteroatoms. The number of allylic oxidation sites excluding steroid dienone is 1. The van der Waals surface area contributed by atoms with Gasteiger partial charge in [0, 0.05) is 24.7 Å². The summed E-state index contributed by atoms with van der Waals surface area (Å²) in [4.78, 5) is 36.9. The summed E-state index contributed by atoms with van der Waals surface area (Å²) in [6.45, 7) is 7.59. The van der Waals surface area contributed by atoms with E-state index in [0.29, 0.717) is 6.54 Å². The quantitative estimate of drug-likeness (QED) is 0.645. The van der Waals surface area contributed by atoms with Crippen LogP contribution in [0.4, 0.5) is 0 Å². The summed E-state index contributed by atoms with van der Waals surface area (Å²) >= 11 is 0. The predicted molar refractivity (Wildman–Crippen MR) is 79.8 cm³/mol. The van der Waals surface area contributed by atoms with Crippen molar-refractivity contribution in [2.75, 3.05) is 13.6 Å². The smallest absolute Gasteiger partial charge is 0.335 e. The summed E-state index contributed by atoms with van der Waals surface area (Å²) in [5.41, 5.74) is 0.555. The monoisotopic (exact) mass is 289 g/mol. The molecule has 1 rings (SSSR count). The molecule has 0 saturated carbocycles. The molecule has 0 aliphatic rings. The summed E-state index contributed by atoms with van der Waals surface area (Å²) in [5, 5.41) is 9.12. The molecule has 0 radical (unpaired) electrons. The van der Waals surface area contributed by atoms with Crippen molar-refractivity contribution >= 4 is 17.7 Å². The number of amides is 1. The lowest BCUT2D eigenvalue weighted by molar-refractivity contribution is 0.0697. The standard InChI is InChI=1S/C16H19NO4/c1-5-6-17(4)15(19)12-7-11(14(18)10(2)3)8-13(9-12)16(20)21/h7-9H,2,5-6H2,1,3-4H3,(H,20,21). The van der Waals surface area contributed by atoms with Gasteiger partial charge in [-0.15, -0.1) is 0 Å². The number of carboxylic acid groups (broad SMARTS) is 1. The molecule has 1 aromatic rings. The van der Waals surface area contributed by atoms with E-state index in [1.54, 1.807) is 14.0 Å².